The minimum Gasteiger partial charge on any atom is -0.478 e. The van der Waals surface area contributed by atoms with Gasteiger partial charge in [0, 0.05) is 11.8 Å². The Morgan fingerprint density at radius 3 is 2.56 bits per heavy atom. The van der Waals surface area contributed by atoms with E-state index >= 15 is 0 Å². The van der Waals surface area contributed by atoms with E-state index in [1.807, 2.05) is 12.1 Å². The van der Waals surface area contributed by atoms with Gasteiger partial charge in [-0.3, -0.25) is 9.71 Å². The summed E-state index contributed by atoms with van der Waals surface area (Å²) in [7, 11) is -2.57. The van der Waals surface area contributed by atoms with Crippen molar-refractivity contribution >= 4 is 21.9 Å². The molecule has 3 aromatic rings. The minimum absolute atomic E-state index is 0.0138. The molecule has 138 valence electrons. The first-order chi connectivity index (χ1) is 12.9. The van der Waals surface area contributed by atoms with Gasteiger partial charge in [0.2, 0.25) is 5.82 Å². The third-order valence-electron chi connectivity index (χ3n) is 3.77. The summed E-state index contributed by atoms with van der Waals surface area (Å²) in [6.07, 6.45) is 4.71. The van der Waals surface area contributed by atoms with E-state index in [-0.39, 0.29) is 16.6 Å². The molecule has 0 saturated carbocycles. The second kappa shape index (κ2) is 7.55. The molecule has 7 nitrogen and oxygen atoms in total. The predicted octanol–water partition coefficient (Wildman–Crippen LogP) is 3.30. The van der Waals surface area contributed by atoms with Crippen LogP contribution in [0.25, 0.3) is 17.3 Å². The monoisotopic (exact) mass is 382 g/mol. The van der Waals surface area contributed by atoms with Crippen molar-refractivity contribution in [1.82, 2.24) is 15.0 Å². The van der Waals surface area contributed by atoms with Crippen LogP contribution in [0, 0.1) is 6.92 Å². The van der Waals surface area contributed by atoms with Gasteiger partial charge in [-0.25, -0.2) is 18.4 Å². The first kappa shape index (κ1) is 18.5. The molecule has 1 aromatic carbocycles. The zero-order chi connectivity index (χ0) is 19.4. The molecule has 0 amide bonds. The van der Waals surface area contributed by atoms with Crippen LogP contribution in [0.15, 0.2) is 60.3 Å². The smallest absolute Gasteiger partial charge is 0.265 e. The summed E-state index contributed by atoms with van der Waals surface area (Å²) in [4.78, 5) is 12.5. The molecule has 0 fully saturated rings. The van der Waals surface area contributed by atoms with Crippen LogP contribution in [0.1, 0.15) is 11.3 Å². The van der Waals surface area contributed by atoms with Gasteiger partial charge in [-0.15, -0.1) is 0 Å². The lowest BCUT2D eigenvalue weighted by molar-refractivity contribution is 0.397. The second-order valence-electron chi connectivity index (χ2n) is 5.65. The van der Waals surface area contributed by atoms with Crippen molar-refractivity contribution in [2.75, 3.05) is 11.8 Å². The molecule has 27 heavy (non-hydrogen) atoms. The Kier molecular flexibility index (Phi) is 5.18. The van der Waals surface area contributed by atoms with Crippen molar-refractivity contribution in [1.29, 1.82) is 0 Å². The van der Waals surface area contributed by atoms with Gasteiger partial charge in [-0.1, -0.05) is 36.9 Å². The predicted molar refractivity (Wildman–Crippen MR) is 104 cm³/mol. The first-order valence-electron chi connectivity index (χ1n) is 8.03. The van der Waals surface area contributed by atoms with E-state index in [1.54, 1.807) is 37.4 Å². The molecule has 0 unspecified atom stereocenters. The van der Waals surface area contributed by atoms with Gasteiger partial charge >= 0.3 is 0 Å². The maximum Gasteiger partial charge on any atom is 0.265 e. The van der Waals surface area contributed by atoms with Crippen LogP contribution in [0.5, 0.6) is 5.88 Å². The molecule has 0 aliphatic heterocycles. The number of benzene rings is 1. The molecular weight excluding hydrogens is 364 g/mol. The third kappa shape index (κ3) is 3.95. The normalized spacial score (nSPS) is 11.0. The van der Waals surface area contributed by atoms with E-state index in [1.165, 1.54) is 19.4 Å². The Labute approximate surface area is 157 Å². The first-order valence-corrected chi connectivity index (χ1v) is 9.51. The van der Waals surface area contributed by atoms with Crippen molar-refractivity contribution < 1.29 is 13.2 Å². The highest BCUT2D eigenvalue weighted by Gasteiger charge is 2.23. The molecule has 2 heterocycles. The summed E-state index contributed by atoms with van der Waals surface area (Å²) >= 11 is 0. The zero-order valence-corrected chi connectivity index (χ0v) is 15.7. The number of nitrogens with one attached hydrogen (secondary N) is 1. The lowest BCUT2D eigenvalue weighted by Crippen LogP contribution is -2.16. The van der Waals surface area contributed by atoms with E-state index in [9.17, 15) is 8.42 Å². The van der Waals surface area contributed by atoms with Crippen LogP contribution < -0.4 is 9.46 Å². The number of aromatic nitrogens is 3. The molecular formula is C19H18N4O3S. The number of aryl methyl sites for hydroxylation is 1. The molecule has 0 spiro atoms. The van der Waals surface area contributed by atoms with Gasteiger partial charge in [0.1, 0.15) is 4.90 Å². The van der Waals surface area contributed by atoms with Crippen LogP contribution in [0.2, 0.25) is 0 Å². The minimum atomic E-state index is -3.97. The summed E-state index contributed by atoms with van der Waals surface area (Å²) in [5.74, 6) is 0.110. The highest BCUT2D eigenvalue weighted by Crippen LogP contribution is 2.28. The third-order valence-corrected chi connectivity index (χ3v) is 5.14. The highest BCUT2D eigenvalue weighted by molar-refractivity contribution is 7.92. The van der Waals surface area contributed by atoms with Gasteiger partial charge in [-0.2, -0.15) is 0 Å². The van der Waals surface area contributed by atoms with Gasteiger partial charge in [-0.05, 0) is 24.6 Å². The SMILES string of the molecule is C=Cc1ccc(-c2ncccc2S(=O)(=O)Nc2ncc(C)nc2OC)cc1. The van der Waals surface area contributed by atoms with Gasteiger partial charge in [0.05, 0.1) is 24.7 Å². The standard InChI is InChI=1S/C19H18N4O3S/c1-4-14-7-9-15(10-8-14)17-16(6-5-11-20-17)27(24,25)23-18-19(26-3)22-13(2)12-21-18/h4-12H,1H2,2-3H3,(H,21,23). The number of anilines is 1. The number of ether oxygens (including phenoxy) is 1. The van der Waals surface area contributed by atoms with Crippen molar-refractivity contribution in [3.63, 3.8) is 0 Å². The molecule has 0 aliphatic carbocycles. The fraction of sp³-hybridized carbons (Fsp3) is 0.105. The number of rotatable bonds is 6. The number of sulfonamides is 1. The molecule has 0 bridgehead atoms. The van der Waals surface area contributed by atoms with Crippen molar-refractivity contribution in [3.8, 4) is 17.1 Å². The molecule has 3 rings (SSSR count). The number of hydrogen-bond acceptors (Lipinski definition) is 6. The van der Waals surface area contributed by atoms with Crippen LogP contribution >= 0.6 is 0 Å². The van der Waals surface area contributed by atoms with Gasteiger partial charge < -0.3 is 4.74 Å². The van der Waals surface area contributed by atoms with Crippen LogP contribution in [-0.2, 0) is 10.0 Å². The topological polar surface area (TPSA) is 94.1 Å². The van der Waals surface area contributed by atoms with E-state index < -0.39 is 10.0 Å². The fourth-order valence-corrected chi connectivity index (χ4v) is 3.64. The second-order valence-corrected chi connectivity index (χ2v) is 7.30. The van der Waals surface area contributed by atoms with E-state index in [0.717, 1.165) is 5.56 Å². The molecule has 8 heteroatoms. The highest BCUT2D eigenvalue weighted by atomic mass is 32.2. The average molecular weight is 382 g/mol. The van der Waals surface area contributed by atoms with Gasteiger partial charge in [0.25, 0.3) is 15.9 Å². The lowest BCUT2D eigenvalue weighted by atomic mass is 10.1. The molecule has 0 radical (unpaired) electrons. The Hall–Kier alpha value is -3.26. The molecule has 0 saturated heterocycles. The van der Waals surface area contributed by atoms with Crippen LogP contribution in [0.4, 0.5) is 5.82 Å². The lowest BCUT2D eigenvalue weighted by Gasteiger charge is -2.13. The maximum atomic E-state index is 13.0. The summed E-state index contributed by atoms with van der Waals surface area (Å²) in [6, 6.07) is 10.3. The quantitative estimate of drug-likeness (QED) is 0.703. The summed E-state index contributed by atoms with van der Waals surface area (Å²) in [5.41, 5.74) is 2.54. The number of pyridine rings is 1. The van der Waals surface area contributed by atoms with E-state index in [4.69, 9.17) is 4.74 Å². The zero-order valence-electron chi connectivity index (χ0n) is 14.9. The van der Waals surface area contributed by atoms with Crippen molar-refractivity contribution in [3.05, 3.63) is 66.6 Å². The molecule has 2 aromatic heterocycles. The summed E-state index contributed by atoms with van der Waals surface area (Å²) in [5, 5.41) is 0. The molecule has 0 aliphatic rings. The number of methoxy groups -OCH3 is 1. The van der Waals surface area contributed by atoms with Crippen molar-refractivity contribution in [2.45, 2.75) is 11.8 Å². The van der Waals surface area contributed by atoms with E-state index in [2.05, 4.69) is 26.3 Å². The summed E-state index contributed by atoms with van der Waals surface area (Å²) < 4.78 is 33.5. The van der Waals surface area contributed by atoms with E-state index in [0.29, 0.717) is 17.0 Å². The Balaban J connectivity index is 2.04. The summed E-state index contributed by atoms with van der Waals surface area (Å²) in [6.45, 7) is 5.45. The van der Waals surface area contributed by atoms with Crippen LogP contribution in [0.3, 0.4) is 0 Å². The maximum absolute atomic E-state index is 13.0. The Bertz CT molecular complexity index is 1080. The van der Waals surface area contributed by atoms with Crippen molar-refractivity contribution in [2.24, 2.45) is 0 Å². The molecule has 1 N–H and O–H groups in total. The number of nitrogens with zero attached hydrogens (tertiary/aromatic N) is 3. The Morgan fingerprint density at radius 2 is 1.89 bits per heavy atom. The average Bonchev–Trinajstić information content (AvgIpc) is 2.69. The molecule has 0 atom stereocenters. The number of hydrogen-bond donors (Lipinski definition) is 1. The fourth-order valence-electron chi connectivity index (χ4n) is 2.45. The van der Waals surface area contributed by atoms with Crippen LogP contribution in [-0.4, -0.2) is 30.5 Å². The van der Waals surface area contributed by atoms with Gasteiger partial charge in [0.15, 0.2) is 0 Å². The Morgan fingerprint density at radius 1 is 1.15 bits per heavy atom. The largest absolute Gasteiger partial charge is 0.478 e.